The van der Waals surface area contributed by atoms with E-state index in [9.17, 15) is 4.79 Å². The van der Waals surface area contributed by atoms with Crippen molar-refractivity contribution in [2.45, 2.75) is 25.0 Å². The quantitative estimate of drug-likeness (QED) is 0.784. The zero-order chi connectivity index (χ0) is 15.5. The fraction of sp³-hybridized carbons (Fsp3) is 0.333. The molecule has 22 heavy (non-hydrogen) atoms. The fourth-order valence-corrected chi connectivity index (χ4v) is 3.67. The second-order valence-corrected chi connectivity index (χ2v) is 6.96. The van der Waals surface area contributed by atoms with E-state index in [-0.39, 0.29) is 11.2 Å². The molecule has 1 unspecified atom stereocenters. The van der Waals surface area contributed by atoms with Crippen molar-refractivity contribution < 1.29 is 9.21 Å². The van der Waals surface area contributed by atoms with E-state index in [1.807, 2.05) is 37.3 Å². The lowest BCUT2D eigenvalue weighted by Crippen LogP contribution is -2.31. The molecule has 3 rings (SSSR count). The summed E-state index contributed by atoms with van der Waals surface area (Å²) in [6, 6.07) is 9.65. The first kappa shape index (κ1) is 15.2. The van der Waals surface area contributed by atoms with Crippen molar-refractivity contribution in [1.82, 2.24) is 15.1 Å². The molecule has 1 aliphatic rings. The van der Waals surface area contributed by atoms with E-state index in [2.05, 4.69) is 10.2 Å². The van der Waals surface area contributed by atoms with Crippen LogP contribution in [0.1, 0.15) is 19.2 Å². The molecule has 0 spiro atoms. The van der Waals surface area contributed by atoms with E-state index >= 15 is 0 Å². The molecule has 0 radical (unpaired) electrons. The minimum absolute atomic E-state index is 0.0689. The number of aryl methyl sites for hydroxylation is 1. The molecule has 0 bridgehead atoms. The third kappa shape index (κ3) is 3.20. The van der Waals surface area contributed by atoms with E-state index in [0.717, 1.165) is 12.0 Å². The fourth-order valence-electron chi connectivity index (χ4n) is 2.22. The van der Waals surface area contributed by atoms with Gasteiger partial charge in [-0.2, -0.15) is 0 Å². The molecular weight excluding hydrogens is 318 g/mol. The molecule has 1 fully saturated rings. The highest BCUT2D eigenvalue weighted by Gasteiger charge is 2.33. The van der Waals surface area contributed by atoms with Gasteiger partial charge in [-0.25, -0.2) is 0 Å². The Morgan fingerprint density at radius 3 is 2.77 bits per heavy atom. The maximum atomic E-state index is 11.9. The summed E-state index contributed by atoms with van der Waals surface area (Å²) in [4.78, 5) is 13.6. The van der Waals surface area contributed by atoms with Crippen molar-refractivity contribution in [2.24, 2.45) is 0 Å². The average molecular weight is 333 g/mol. The van der Waals surface area contributed by atoms with Crippen molar-refractivity contribution in [1.29, 1.82) is 0 Å². The number of hydrogen-bond donors (Lipinski definition) is 0. The number of rotatable bonds is 5. The van der Waals surface area contributed by atoms with Crippen molar-refractivity contribution in [3.05, 3.63) is 36.2 Å². The van der Waals surface area contributed by atoms with Crippen molar-refractivity contribution in [3.8, 4) is 11.5 Å². The van der Waals surface area contributed by atoms with Gasteiger partial charge < -0.3 is 4.42 Å². The van der Waals surface area contributed by atoms with Crippen LogP contribution < -0.4 is 0 Å². The third-order valence-electron chi connectivity index (χ3n) is 3.37. The largest absolute Gasteiger partial charge is 0.421 e. The van der Waals surface area contributed by atoms with Gasteiger partial charge in [0.2, 0.25) is 17.7 Å². The van der Waals surface area contributed by atoms with E-state index in [0.29, 0.717) is 29.1 Å². The third-order valence-corrected chi connectivity index (χ3v) is 4.86. The van der Waals surface area contributed by atoms with Gasteiger partial charge in [0.05, 0.1) is 5.25 Å². The van der Waals surface area contributed by atoms with Crippen LogP contribution in [0, 0.1) is 0 Å². The number of hydrogen-bond acceptors (Lipinski definition) is 6. The predicted molar refractivity (Wildman–Crippen MR) is 89.4 cm³/mol. The van der Waals surface area contributed by atoms with Crippen LogP contribution in [0.4, 0.5) is 0 Å². The number of nitrogens with zero attached hydrogens (tertiary/aromatic N) is 3. The molecule has 0 N–H and O–H groups in total. The lowest BCUT2D eigenvalue weighted by Gasteiger charge is -2.13. The van der Waals surface area contributed by atoms with Gasteiger partial charge in [-0.1, -0.05) is 42.2 Å². The monoisotopic (exact) mass is 333 g/mol. The van der Waals surface area contributed by atoms with Crippen LogP contribution in [-0.4, -0.2) is 37.1 Å². The Labute approximate surface area is 138 Å². The molecule has 0 aliphatic carbocycles. The molecule has 1 saturated heterocycles. The second kappa shape index (κ2) is 6.58. The number of benzene rings is 1. The van der Waals surface area contributed by atoms with E-state index in [4.69, 9.17) is 16.6 Å². The molecule has 1 amide bonds. The molecular formula is C15H15N3O2S2. The van der Waals surface area contributed by atoms with Crippen molar-refractivity contribution >= 4 is 34.2 Å². The Balaban J connectivity index is 1.56. The van der Waals surface area contributed by atoms with Crippen LogP contribution in [-0.2, 0) is 11.2 Å². The second-order valence-electron chi connectivity index (χ2n) is 4.99. The molecule has 1 aromatic carbocycles. The first-order valence-corrected chi connectivity index (χ1v) is 8.34. The molecule has 2 aromatic rings. The molecule has 1 aliphatic heterocycles. The summed E-state index contributed by atoms with van der Waals surface area (Å²) in [7, 11) is 0. The van der Waals surface area contributed by atoms with Crippen LogP contribution in [0.3, 0.4) is 0 Å². The van der Waals surface area contributed by atoms with Gasteiger partial charge in [0.25, 0.3) is 0 Å². The number of thioether (sulfide) groups is 1. The lowest BCUT2D eigenvalue weighted by atomic mass is 10.2. The van der Waals surface area contributed by atoms with Crippen molar-refractivity contribution in [3.63, 3.8) is 0 Å². The lowest BCUT2D eigenvalue weighted by molar-refractivity contribution is -0.125. The minimum Gasteiger partial charge on any atom is -0.421 e. The normalized spacial score (nSPS) is 18.2. The van der Waals surface area contributed by atoms with E-state index in [1.54, 1.807) is 4.90 Å². The first-order valence-electron chi connectivity index (χ1n) is 7.05. The maximum Gasteiger partial charge on any atom is 0.247 e. The average Bonchev–Trinajstić information content (AvgIpc) is 3.08. The Bertz CT molecular complexity index is 687. The van der Waals surface area contributed by atoms with Crippen LogP contribution in [0.5, 0.6) is 0 Å². The number of thiocarbonyl (C=S) groups is 1. The van der Waals surface area contributed by atoms with Gasteiger partial charge in [-0.3, -0.25) is 9.69 Å². The molecule has 1 atom stereocenters. The molecule has 2 heterocycles. The summed E-state index contributed by atoms with van der Waals surface area (Å²) in [6.45, 7) is 2.47. The zero-order valence-electron chi connectivity index (χ0n) is 12.1. The van der Waals surface area contributed by atoms with Crippen LogP contribution in [0.15, 0.2) is 34.7 Å². The Kier molecular flexibility index (Phi) is 4.54. The van der Waals surface area contributed by atoms with Crippen LogP contribution in [0.25, 0.3) is 11.5 Å². The SMILES string of the molecule is CC1SC(=S)N(CCCc2nnc(-c3ccccc3)o2)C1=O. The molecule has 0 saturated carbocycles. The highest BCUT2D eigenvalue weighted by Crippen LogP contribution is 2.27. The highest BCUT2D eigenvalue weighted by atomic mass is 32.2. The first-order chi connectivity index (χ1) is 10.6. The van der Waals surface area contributed by atoms with Crippen molar-refractivity contribution in [2.75, 3.05) is 6.54 Å². The molecule has 7 heteroatoms. The van der Waals surface area contributed by atoms with Gasteiger partial charge in [-0.05, 0) is 25.5 Å². The van der Waals surface area contributed by atoms with E-state index in [1.165, 1.54) is 11.8 Å². The topological polar surface area (TPSA) is 59.2 Å². The summed E-state index contributed by atoms with van der Waals surface area (Å²) in [6.07, 6.45) is 1.38. The predicted octanol–water partition coefficient (Wildman–Crippen LogP) is 2.92. The maximum absolute atomic E-state index is 11.9. The van der Waals surface area contributed by atoms with Gasteiger partial charge >= 0.3 is 0 Å². The number of carbonyl (C=O) groups excluding carboxylic acids is 1. The Morgan fingerprint density at radius 1 is 1.32 bits per heavy atom. The highest BCUT2D eigenvalue weighted by molar-refractivity contribution is 8.24. The molecule has 114 valence electrons. The smallest absolute Gasteiger partial charge is 0.247 e. The summed E-state index contributed by atoms with van der Waals surface area (Å²) in [5.74, 6) is 1.19. The Hall–Kier alpha value is -1.73. The number of amides is 1. The summed E-state index contributed by atoms with van der Waals surface area (Å²) < 4.78 is 6.31. The van der Waals surface area contributed by atoms with Crippen LogP contribution in [0.2, 0.25) is 0 Å². The summed E-state index contributed by atoms with van der Waals surface area (Å²) in [5.41, 5.74) is 0.905. The summed E-state index contributed by atoms with van der Waals surface area (Å²) in [5, 5.41) is 8.03. The van der Waals surface area contributed by atoms with Gasteiger partial charge in [0.15, 0.2) is 0 Å². The van der Waals surface area contributed by atoms with Gasteiger partial charge in [0, 0.05) is 18.5 Å². The van der Waals surface area contributed by atoms with E-state index < -0.39 is 0 Å². The zero-order valence-corrected chi connectivity index (χ0v) is 13.7. The van der Waals surface area contributed by atoms with Gasteiger partial charge in [0.1, 0.15) is 4.32 Å². The standard InChI is InChI=1S/C15H15N3O2S2/c1-10-14(19)18(15(21)22-10)9-5-8-12-16-17-13(20-12)11-6-3-2-4-7-11/h2-4,6-7,10H,5,8-9H2,1H3. The minimum atomic E-state index is -0.0689. The molecule has 5 nitrogen and oxygen atoms in total. The van der Waals surface area contributed by atoms with Gasteiger partial charge in [-0.15, -0.1) is 10.2 Å². The number of carbonyl (C=O) groups is 1. The molecule has 1 aromatic heterocycles. The van der Waals surface area contributed by atoms with Crippen LogP contribution >= 0.6 is 24.0 Å². The Morgan fingerprint density at radius 2 is 2.09 bits per heavy atom. The number of aromatic nitrogens is 2. The summed E-state index contributed by atoms with van der Waals surface area (Å²) >= 11 is 6.65.